The third-order valence-corrected chi connectivity index (χ3v) is 1.91. The molecule has 66 valence electrons. The van der Waals surface area contributed by atoms with E-state index in [1.807, 2.05) is 0 Å². The van der Waals surface area contributed by atoms with Crippen molar-refractivity contribution in [1.29, 1.82) is 0 Å². The number of rotatable bonds is 1. The number of aliphatic imine (C=N–C) groups is 1. The van der Waals surface area contributed by atoms with Gasteiger partial charge in [0.1, 0.15) is 5.69 Å². The van der Waals surface area contributed by atoms with Crippen molar-refractivity contribution in [3.05, 3.63) is 30.1 Å². The summed E-state index contributed by atoms with van der Waals surface area (Å²) in [7, 11) is 1.75. The minimum atomic E-state index is -0.510. The van der Waals surface area contributed by atoms with Crippen molar-refractivity contribution < 1.29 is 4.39 Å². The van der Waals surface area contributed by atoms with Crippen molar-refractivity contribution >= 4 is 17.3 Å². The maximum Gasteiger partial charge on any atom is 0.223 e. The molecule has 0 atom stereocenters. The molecular formula is C9H8FN3. The summed E-state index contributed by atoms with van der Waals surface area (Å²) in [6.07, 6.45) is 1.62. The molecule has 0 aliphatic carbocycles. The summed E-state index contributed by atoms with van der Waals surface area (Å²) in [5, 5.41) is 2.88. The lowest BCUT2D eigenvalue weighted by atomic mass is 10.2. The van der Waals surface area contributed by atoms with Gasteiger partial charge in [-0.15, -0.1) is 0 Å². The van der Waals surface area contributed by atoms with Crippen molar-refractivity contribution in [2.24, 2.45) is 4.99 Å². The summed E-state index contributed by atoms with van der Waals surface area (Å²) in [6.45, 7) is 3.59. The van der Waals surface area contributed by atoms with Crippen LogP contribution < -0.4 is 5.32 Å². The van der Waals surface area contributed by atoms with Gasteiger partial charge in [0.25, 0.3) is 0 Å². The Balaban J connectivity index is 2.59. The van der Waals surface area contributed by atoms with E-state index in [-0.39, 0.29) is 0 Å². The van der Waals surface area contributed by atoms with E-state index >= 15 is 0 Å². The average Bonchev–Trinajstić information content (AvgIpc) is 2.42. The van der Waals surface area contributed by atoms with Crippen LogP contribution in [-0.2, 0) is 0 Å². The van der Waals surface area contributed by atoms with Gasteiger partial charge in [-0.3, -0.25) is 4.98 Å². The Morgan fingerprint density at radius 3 is 3.00 bits per heavy atom. The van der Waals surface area contributed by atoms with Crippen molar-refractivity contribution in [3.63, 3.8) is 0 Å². The van der Waals surface area contributed by atoms with E-state index in [0.717, 1.165) is 5.69 Å². The van der Waals surface area contributed by atoms with E-state index < -0.39 is 5.97 Å². The fourth-order valence-corrected chi connectivity index (χ4v) is 1.22. The summed E-state index contributed by atoms with van der Waals surface area (Å²) in [5.74, 6) is -0.510. The Hall–Kier alpha value is -1.71. The highest BCUT2D eigenvalue weighted by atomic mass is 19.1. The Bertz CT molecular complexity index is 409. The van der Waals surface area contributed by atoms with E-state index in [1.54, 1.807) is 19.3 Å². The molecule has 0 saturated heterocycles. The lowest BCUT2D eigenvalue weighted by molar-refractivity contribution is 0.812. The number of hydrogen-bond donors (Lipinski definition) is 1. The first-order valence-electron chi connectivity index (χ1n) is 3.84. The van der Waals surface area contributed by atoms with Gasteiger partial charge < -0.3 is 5.32 Å². The normalized spacial score (nSPS) is 14.0. The van der Waals surface area contributed by atoms with Gasteiger partial charge in [0.05, 0.1) is 23.1 Å². The zero-order valence-electron chi connectivity index (χ0n) is 7.13. The Morgan fingerprint density at radius 2 is 2.31 bits per heavy atom. The zero-order chi connectivity index (χ0) is 9.42. The van der Waals surface area contributed by atoms with Gasteiger partial charge in [0.2, 0.25) is 5.97 Å². The summed E-state index contributed by atoms with van der Waals surface area (Å²) in [4.78, 5) is 7.64. The quantitative estimate of drug-likeness (QED) is 0.710. The van der Waals surface area contributed by atoms with Crippen molar-refractivity contribution in [3.8, 4) is 0 Å². The second kappa shape index (κ2) is 2.65. The highest BCUT2D eigenvalue weighted by Crippen LogP contribution is 2.27. The molecule has 1 aliphatic heterocycles. The van der Waals surface area contributed by atoms with Gasteiger partial charge in [0, 0.05) is 7.05 Å². The first-order valence-corrected chi connectivity index (χ1v) is 3.84. The second-order valence-corrected chi connectivity index (χ2v) is 2.72. The van der Waals surface area contributed by atoms with Crippen molar-refractivity contribution in [1.82, 2.24) is 4.98 Å². The summed E-state index contributed by atoms with van der Waals surface area (Å²) in [5.41, 5.74) is 2.09. The summed E-state index contributed by atoms with van der Waals surface area (Å²) < 4.78 is 13.1. The van der Waals surface area contributed by atoms with Gasteiger partial charge in [-0.25, -0.2) is 4.99 Å². The zero-order valence-corrected chi connectivity index (χ0v) is 7.13. The third kappa shape index (κ3) is 1.11. The number of nitrogens with zero attached hydrogens (tertiary/aromatic N) is 2. The molecule has 0 aromatic carbocycles. The number of halogens is 1. The molecule has 0 saturated carbocycles. The molecule has 0 radical (unpaired) electrons. The minimum Gasteiger partial charge on any atom is -0.387 e. The van der Waals surface area contributed by atoms with E-state index in [0.29, 0.717) is 17.0 Å². The molecule has 2 heterocycles. The van der Waals surface area contributed by atoms with Crippen LogP contribution in [0.25, 0.3) is 5.70 Å². The van der Waals surface area contributed by atoms with Crippen LogP contribution in [0.15, 0.2) is 23.8 Å². The number of anilines is 1. The highest BCUT2D eigenvalue weighted by Gasteiger charge is 2.20. The molecule has 1 aliphatic rings. The van der Waals surface area contributed by atoms with Gasteiger partial charge >= 0.3 is 0 Å². The fraction of sp³-hybridized carbons (Fsp3) is 0.111. The maximum atomic E-state index is 13.1. The van der Waals surface area contributed by atoms with Crippen LogP contribution in [0.3, 0.4) is 0 Å². The molecule has 0 amide bonds. The largest absolute Gasteiger partial charge is 0.387 e. The van der Waals surface area contributed by atoms with E-state index in [1.165, 1.54) is 0 Å². The van der Waals surface area contributed by atoms with Crippen LogP contribution in [0.2, 0.25) is 0 Å². The molecule has 1 aromatic heterocycles. The molecule has 3 nitrogen and oxygen atoms in total. The maximum absolute atomic E-state index is 13.1. The lowest BCUT2D eigenvalue weighted by Gasteiger charge is -2.01. The number of aromatic nitrogens is 1. The van der Waals surface area contributed by atoms with Gasteiger partial charge in [0.15, 0.2) is 0 Å². The van der Waals surface area contributed by atoms with Crippen LogP contribution in [0.5, 0.6) is 0 Å². The van der Waals surface area contributed by atoms with E-state index in [9.17, 15) is 4.39 Å². The fourth-order valence-electron chi connectivity index (χ4n) is 1.22. The number of nitrogens with one attached hydrogen (secondary N) is 1. The SMILES string of the molecule is C=C1N=C(F)c2cc(NC)cnc21. The Morgan fingerprint density at radius 1 is 1.54 bits per heavy atom. The average molecular weight is 177 g/mol. The minimum absolute atomic E-state index is 0.384. The molecule has 2 rings (SSSR count). The first-order chi connectivity index (χ1) is 6.22. The topological polar surface area (TPSA) is 37.3 Å². The Labute approximate surface area is 75.0 Å². The highest BCUT2D eigenvalue weighted by molar-refractivity contribution is 6.05. The van der Waals surface area contributed by atoms with Crippen LogP contribution >= 0.6 is 0 Å². The molecular weight excluding hydrogens is 169 g/mol. The lowest BCUT2D eigenvalue weighted by Crippen LogP contribution is -1.96. The first kappa shape index (κ1) is 7.91. The molecule has 1 N–H and O–H groups in total. The van der Waals surface area contributed by atoms with Crippen molar-refractivity contribution in [2.75, 3.05) is 12.4 Å². The molecule has 1 aromatic rings. The van der Waals surface area contributed by atoms with Gasteiger partial charge in [-0.1, -0.05) is 6.58 Å². The predicted octanol–water partition coefficient (Wildman–Crippen LogP) is 1.82. The molecule has 4 heteroatoms. The van der Waals surface area contributed by atoms with Crippen molar-refractivity contribution in [2.45, 2.75) is 0 Å². The molecule has 0 bridgehead atoms. The monoisotopic (exact) mass is 177 g/mol. The predicted molar refractivity (Wildman–Crippen MR) is 50.5 cm³/mol. The van der Waals surface area contributed by atoms with Gasteiger partial charge in [-0.05, 0) is 6.07 Å². The third-order valence-electron chi connectivity index (χ3n) is 1.91. The Kier molecular flexibility index (Phi) is 1.62. The number of fused-ring (bicyclic) bond motifs is 1. The van der Waals surface area contributed by atoms with Gasteiger partial charge in [-0.2, -0.15) is 4.39 Å². The number of pyridine rings is 1. The van der Waals surface area contributed by atoms with E-state index in [2.05, 4.69) is 21.9 Å². The molecule has 13 heavy (non-hydrogen) atoms. The van der Waals surface area contributed by atoms with Crippen LogP contribution in [-0.4, -0.2) is 18.0 Å². The molecule has 0 fully saturated rings. The van der Waals surface area contributed by atoms with Crippen LogP contribution in [0.4, 0.5) is 10.1 Å². The molecule has 0 unspecified atom stereocenters. The van der Waals surface area contributed by atoms with Crippen LogP contribution in [0, 0.1) is 0 Å². The molecule has 0 spiro atoms. The smallest absolute Gasteiger partial charge is 0.223 e. The summed E-state index contributed by atoms with van der Waals surface area (Å²) in [6, 6.07) is 1.67. The standard InChI is InChI=1S/C9H8FN3/c1-5-8-7(9(10)13-5)3-6(11-2)4-12-8/h3-4,11H,1H2,2H3. The van der Waals surface area contributed by atoms with E-state index in [4.69, 9.17) is 0 Å². The number of hydrogen-bond acceptors (Lipinski definition) is 3. The van der Waals surface area contributed by atoms with Crippen LogP contribution in [0.1, 0.15) is 11.3 Å². The second-order valence-electron chi connectivity index (χ2n) is 2.72. The summed E-state index contributed by atoms with van der Waals surface area (Å²) >= 11 is 0.